The van der Waals surface area contributed by atoms with Crippen LogP contribution in [0.3, 0.4) is 0 Å². The molecule has 0 saturated carbocycles. The Balaban J connectivity index is 1.42. The molecule has 4 aliphatic rings. The molecule has 1 saturated heterocycles. The Kier molecular flexibility index (Phi) is 6.63. The van der Waals surface area contributed by atoms with E-state index in [0.29, 0.717) is 17.9 Å². The molecule has 1 unspecified atom stereocenters. The highest BCUT2D eigenvalue weighted by molar-refractivity contribution is 5.98. The number of rotatable bonds is 6. The molecule has 0 aromatic heterocycles. The summed E-state index contributed by atoms with van der Waals surface area (Å²) in [7, 11) is 0. The van der Waals surface area contributed by atoms with Crippen molar-refractivity contribution in [1.29, 1.82) is 0 Å². The van der Waals surface area contributed by atoms with Gasteiger partial charge in [0.2, 0.25) is 11.7 Å². The lowest BCUT2D eigenvalue weighted by atomic mass is 9.79. The maximum atomic E-state index is 13.5. The van der Waals surface area contributed by atoms with Gasteiger partial charge in [-0.3, -0.25) is 9.59 Å². The Labute approximate surface area is 232 Å². The van der Waals surface area contributed by atoms with Gasteiger partial charge in [0.05, 0.1) is 24.3 Å². The standard InChI is InChI=1S/C26H39N9O5/c1-12(2)17(27)21(37)30-10-15-19-25(34-22(28)33-19)26(38,39)16(11-35(25)23(29)31-15)32-20(36)13-6-5-7-14-18(13)40-9-8-24(14,3)4/h5-7,12,15-17,19,38-39H,8-11,27H2,1-4H3,(H2,29,31)(H,30,37)(H,32,36)(H3,28,33,34)/t15-,16?,17-,19-,25-/m0/s1. The normalized spacial score (nSPS) is 30.1. The maximum Gasteiger partial charge on any atom is 0.255 e. The molecule has 14 nitrogen and oxygen atoms in total. The van der Waals surface area contributed by atoms with Crippen LogP contribution in [0.1, 0.15) is 50.0 Å². The maximum absolute atomic E-state index is 13.5. The largest absolute Gasteiger partial charge is 0.492 e. The molecule has 4 heterocycles. The fourth-order valence-corrected chi connectivity index (χ4v) is 6.06. The van der Waals surface area contributed by atoms with Crippen molar-refractivity contribution in [1.82, 2.24) is 20.9 Å². The molecule has 1 spiro atoms. The zero-order valence-corrected chi connectivity index (χ0v) is 23.1. The van der Waals surface area contributed by atoms with Gasteiger partial charge in [-0.2, -0.15) is 0 Å². The molecule has 1 aromatic rings. The second kappa shape index (κ2) is 9.49. The van der Waals surface area contributed by atoms with E-state index in [4.69, 9.17) is 21.9 Å². The molecule has 1 aromatic carbocycles. The molecule has 218 valence electrons. The molecule has 4 aliphatic heterocycles. The Morgan fingerprint density at radius 1 is 1.25 bits per heavy atom. The van der Waals surface area contributed by atoms with E-state index in [1.165, 1.54) is 4.90 Å². The number of nitrogens with zero attached hydrogens (tertiary/aromatic N) is 3. The van der Waals surface area contributed by atoms with Gasteiger partial charge in [-0.05, 0) is 23.8 Å². The summed E-state index contributed by atoms with van der Waals surface area (Å²) >= 11 is 0. The van der Waals surface area contributed by atoms with Gasteiger partial charge >= 0.3 is 0 Å². The van der Waals surface area contributed by atoms with E-state index in [1.807, 2.05) is 19.9 Å². The Bertz CT molecular complexity index is 1280. The predicted octanol–water partition coefficient (Wildman–Crippen LogP) is -2.38. The first-order chi connectivity index (χ1) is 18.7. The van der Waals surface area contributed by atoms with Crippen molar-refractivity contribution in [3.8, 4) is 5.75 Å². The van der Waals surface area contributed by atoms with Gasteiger partial charge in [-0.15, -0.1) is 0 Å². The molecule has 0 bridgehead atoms. The molecule has 11 N–H and O–H groups in total. The van der Waals surface area contributed by atoms with Crippen LogP contribution in [-0.2, 0) is 10.2 Å². The van der Waals surface area contributed by atoms with Crippen LogP contribution < -0.4 is 37.9 Å². The van der Waals surface area contributed by atoms with Crippen LogP contribution in [0.4, 0.5) is 0 Å². The van der Waals surface area contributed by atoms with Crippen LogP contribution in [0, 0.1) is 5.92 Å². The molecule has 1 fully saturated rings. The SMILES string of the molecule is CC(C)[C@H](N)C(=O)NC[C@@H]1N=C(N)N2CC(NC(=O)c3cccc4c3OCCC4(C)C)C(O)(O)[C@@]23NC(N)=N[C@@H]13. The van der Waals surface area contributed by atoms with E-state index < -0.39 is 41.5 Å². The summed E-state index contributed by atoms with van der Waals surface area (Å²) in [5.41, 5.74) is 17.6. The number of carbonyl (C=O) groups excluding carboxylic acids is 2. The first kappa shape index (κ1) is 27.9. The number of benzene rings is 1. The average molecular weight is 558 g/mol. The van der Waals surface area contributed by atoms with E-state index in [9.17, 15) is 19.8 Å². The summed E-state index contributed by atoms with van der Waals surface area (Å²) in [4.78, 5) is 36.4. The van der Waals surface area contributed by atoms with Gasteiger partial charge < -0.3 is 53.0 Å². The number of guanidine groups is 2. The zero-order valence-electron chi connectivity index (χ0n) is 23.1. The van der Waals surface area contributed by atoms with Crippen molar-refractivity contribution >= 4 is 23.7 Å². The number of nitrogens with two attached hydrogens (primary N) is 3. The fourth-order valence-electron chi connectivity index (χ4n) is 6.06. The first-order valence-electron chi connectivity index (χ1n) is 13.5. The number of aliphatic imine (C=N–C) groups is 2. The van der Waals surface area contributed by atoms with Crippen molar-refractivity contribution < 1.29 is 24.5 Å². The molecule has 14 heteroatoms. The lowest BCUT2D eigenvalue weighted by Crippen LogP contribution is -2.78. The summed E-state index contributed by atoms with van der Waals surface area (Å²) in [5, 5.41) is 31.8. The Morgan fingerprint density at radius 3 is 2.67 bits per heavy atom. The van der Waals surface area contributed by atoms with Crippen LogP contribution in [0.5, 0.6) is 5.75 Å². The van der Waals surface area contributed by atoms with Crippen molar-refractivity contribution in [2.75, 3.05) is 19.7 Å². The number of hydrogen-bond donors (Lipinski definition) is 8. The fraction of sp³-hybridized carbons (Fsp3) is 0.615. The first-order valence-corrected chi connectivity index (χ1v) is 13.5. The van der Waals surface area contributed by atoms with E-state index in [0.717, 1.165) is 12.0 Å². The highest BCUT2D eigenvalue weighted by atomic mass is 16.5. The van der Waals surface area contributed by atoms with E-state index in [-0.39, 0.29) is 42.2 Å². The van der Waals surface area contributed by atoms with Crippen LogP contribution >= 0.6 is 0 Å². The molecule has 5 atom stereocenters. The van der Waals surface area contributed by atoms with Crippen LogP contribution in [0.15, 0.2) is 28.2 Å². The quantitative estimate of drug-likeness (QED) is 0.173. The van der Waals surface area contributed by atoms with Crippen molar-refractivity contribution in [3.05, 3.63) is 29.3 Å². The van der Waals surface area contributed by atoms with Gasteiger partial charge in [0.25, 0.3) is 5.91 Å². The number of carbonyl (C=O) groups is 2. The van der Waals surface area contributed by atoms with Crippen molar-refractivity contribution in [2.45, 2.75) is 75.1 Å². The van der Waals surface area contributed by atoms with Crippen LogP contribution in [-0.4, -0.2) is 94.2 Å². The second-order valence-corrected chi connectivity index (χ2v) is 11.9. The van der Waals surface area contributed by atoms with Gasteiger partial charge in [0.1, 0.15) is 17.8 Å². The summed E-state index contributed by atoms with van der Waals surface area (Å²) in [5.74, 6) is -3.20. The van der Waals surface area contributed by atoms with Crippen molar-refractivity contribution in [2.24, 2.45) is 33.1 Å². The number of aliphatic hydroxyl groups is 2. The minimum absolute atomic E-state index is 0.0188. The van der Waals surface area contributed by atoms with Gasteiger partial charge in [0.15, 0.2) is 17.6 Å². The third-order valence-electron chi connectivity index (χ3n) is 8.58. The lowest BCUT2D eigenvalue weighted by Gasteiger charge is -2.49. The second-order valence-electron chi connectivity index (χ2n) is 11.9. The smallest absolute Gasteiger partial charge is 0.255 e. The Hall–Kier alpha value is -3.62. The molecular formula is C26H39N9O5. The topological polar surface area (TPSA) is 226 Å². The molecule has 40 heavy (non-hydrogen) atoms. The minimum Gasteiger partial charge on any atom is -0.492 e. The highest BCUT2D eigenvalue weighted by Crippen LogP contribution is 2.45. The highest BCUT2D eigenvalue weighted by Gasteiger charge is 2.73. The van der Waals surface area contributed by atoms with Gasteiger partial charge in [-0.1, -0.05) is 39.8 Å². The molecule has 2 amide bonds. The number of fused-ring (bicyclic) bond motifs is 1. The summed E-state index contributed by atoms with van der Waals surface area (Å²) < 4.78 is 5.89. The summed E-state index contributed by atoms with van der Waals surface area (Å²) in [6.45, 7) is 8.18. The van der Waals surface area contributed by atoms with E-state index in [1.54, 1.807) is 12.1 Å². The predicted molar refractivity (Wildman–Crippen MR) is 147 cm³/mol. The minimum atomic E-state index is -2.61. The molecule has 5 rings (SSSR count). The average Bonchev–Trinajstić information content (AvgIpc) is 3.35. The Morgan fingerprint density at radius 2 is 1.98 bits per heavy atom. The lowest BCUT2D eigenvalue weighted by molar-refractivity contribution is -0.230. The van der Waals surface area contributed by atoms with E-state index in [2.05, 4.69) is 39.8 Å². The number of amides is 2. The molecular weight excluding hydrogens is 518 g/mol. The third-order valence-corrected chi connectivity index (χ3v) is 8.58. The van der Waals surface area contributed by atoms with Gasteiger partial charge in [0, 0.05) is 18.7 Å². The molecule has 0 radical (unpaired) electrons. The van der Waals surface area contributed by atoms with Crippen LogP contribution in [0.2, 0.25) is 0 Å². The van der Waals surface area contributed by atoms with Gasteiger partial charge in [-0.25, -0.2) is 9.98 Å². The zero-order chi connectivity index (χ0) is 29.2. The monoisotopic (exact) mass is 557 g/mol. The number of hydrogen-bond acceptors (Lipinski definition) is 12. The number of para-hydroxylation sites is 1. The van der Waals surface area contributed by atoms with E-state index >= 15 is 0 Å². The number of nitrogens with one attached hydrogen (secondary N) is 3. The summed E-state index contributed by atoms with van der Waals surface area (Å²) in [6.07, 6.45) is 0.805. The third kappa shape index (κ3) is 4.12. The molecule has 0 aliphatic carbocycles. The van der Waals surface area contributed by atoms with Crippen LogP contribution in [0.25, 0.3) is 0 Å². The number of ether oxygens (including phenoxy) is 1. The summed E-state index contributed by atoms with van der Waals surface area (Å²) in [6, 6.07) is 1.65. The van der Waals surface area contributed by atoms with Crippen molar-refractivity contribution in [3.63, 3.8) is 0 Å².